The molecule has 0 aliphatic heterocycles. The van der Waals surface area contributed by atoms with Crippen LogP contribution in [0.1, 0.15) is 62.5 Å². The van der Waals surface area contributed by atoms with Crippen LogP contribution in [0.15, 0.2) is 84.7 Å². The van der Waals surface area contributed by atoms with Crippen LogP contribution in [0.2, 0.25) is 0 Å². The first kappa shape index (κ1) is 25.6. The van der Waals surface area contributed by atoms with Crippen LogP contribution < -0.4 is 0 Å². The Morgan fingerprint density at radius 1 is 0.730 bits per heavy atom. The van der Waals surface area contributed by atoms with Gasteiger partial charge < -0.3 is 14.6 Å². The molecular formula is C32H36O5. The quantitative estimate of drug-likeness (QED) is 0.419. The van der Waals surface area contributed by atoms with Crippen LogP contribution in [-0.2, 0) is 30.3 Å². The van der Waals surface area contributed by atoms with E-state index >= 15 is 0 Å². The lowest BCUT2D eigenvalue weighted by Gasteiger charge is -2.43. The van der Waals surface area contributed by atoms with Gasteiger partial charge in [-0.1, -0.05) is 86.3 Å². The minimum atomic E-state index is -1.13. The summed E-state index contributed by atoms with van der Waals surface area (Å²) in [6.45, 7) is 0.220. The van der Waals surface area contributed by atoms with E-state index in [1.54, 1.807) is 0 Å². The van der Waals surface area contributed by atoms with Crippen LogP contribution in [0, 0.1) is 11.8 Å². The first-order valence-electron chi connectivity index (χ1n) is 13.6. The van der Waals surface area contributed by atoms with E-state index in [-0.39, 0.29) is 42.4 Å². The number of hydrogen-bond donors (Lipinski definition) is 1. The molecule has 3 aliphatic rings. The smallest absolute Gasteiger partial charge is 0.220 e. The molecule has 5 nitrogen and oxygen atoms in total. The second kappa shape index (κ2) is 11.2. The number of carbonyl (C=O) groups is 2. The molecule has 2 unspecified atom stereocenters. The number of carbonyl (C=O) groups excluding carboxylic acids is 2. The molecule has 1 N–H and O–H groups in total. The molecular weight excluding hydrogens is 464 g/mol. The van der Waals surface area contributed by atoms with E-state index < -0.39 is 11.2 Å². The molecule has 2 saturated carbocycles. The Morgan fingerprint density at radius 2 is 1.30 bits per heavy atom. The average Bonchev–Trinajstić information content (AvgIpc) is 3.67. The summed E-state index contributed by atoms with van der Waals surface area (Å²) >= 11 is 0. The van der Waals surface area contributed by atoms with Gasteiger partial charge in [0.2, 0.25) is 5.78 Å². The van der Waals surface area contributed by atoms with Crippen LogP contribution in [-0.4, -0.2) is 29.9 Å². The van der Waals surface area contributed by atoms with E-state index in [9.17, 15) is 14.7 Å². The fraction of sp³-hybridized carbons (Fsp3) is 0.438. The zero-order valence-corrected chi connectivity index (χ0v) is 21.3. The lowest BCUT2D eigenvalue weighted by molar-refractivity contribution is -0.186. The van der Waals surface area contributed by atoms with Crippen LogP contribution in [0.3, 0.4) is 0 Å². The van der Waals surface area contributed by atoms with Crippen molar-refractivity contribution in [1.29, 1.82) is 0 Å². The first-order valence-corrected chi connectivity index (χ1v) is 13.6. The Morgan fingerprint density at radius 3 is 1.92 bits per heavy atom. The third-order valence-corrected chi connectivity index (χ3v) is 8.49. The highest BCUT2D eigenvalue weighted by Gasteiger charge is 2.48. The monoisotopic (exact) mass is 500 g/mol. The molecule has 2 aromatic carbocycles. The van der Waals surface area contributed by atoms with E-state index in [0.29, 0.717) is 0 Å². The molecule has 0 aromatic heterocycles. The second-order valence-corrected chi connectivity index (χ2v) is 10.7. The summed E-state index contributed by atoms with van der Waals surface area (Å²) in [6.07, 6.45) is 12.0. The molecule has 194 valence electrons. The van der Waals surface area contributed by atoms with E-state index in [1.807, 2.05) is 60.7 Å². The summed E-state index contributed by atoms with van der Waals surface area (Å²) in [5, 5.41) is 12.2. The summed E-state index contributed by atoms with van der Waals surface area (Å²) in [5.74, 6) is -0.271. The number of ether oxygens (including phenoxy) is 2. The molecule has 0 saturated heterocycles. The molecule has 2 atom stereocenters. The largest absolute Gasteiger partial charge is 0.486 e. The Labute approximate surface area is 219 Å². The van der Waals surface area contributed by atoms with Gasteiger partial charge in [0.15, 0.2) is 11.5 Å². The highest BCUT2D eigenvalue weighted by Crippen LogP contribution is 2.47. The van der Waals surface area contributed by atoms with Gasteiger partial charge in [0, 0.05) is 6.08 Å². The van der Waals surface area contributed by atoms with Gasteiger partial charge in [0.05, 0.1) is 6.61 Å². The second-order valence-electron chi connectivity index (χ2n) is 10.7. The van der Waals surface area contributed by atoms with Crippen molar-refractivity contribution in [1.82, 2.24) is 0 Å². The van der Waals surface area contributed by atoms with Crippen molar-refractivity contribution in [2.24, 2.45) is 11.8 Å². The van der Waals surface area contributed by atoms with Crippen molar-refractivity contribution in [3.05, 3.63) is 95.8 Å². The fourth-order valence-corrected chi connectivity index (χ4v) is 6.38. The predicted octanol–water partition coefficient (Wildman–Crippen LogP) is 5.78. The third kappa shape index (κ3) is 5.34. The van der Waals surface area contributed by atoms with Gasteiger partial charge in [-0.25, -0.2) is 0 Å². The molecule has 0 spiro atoms. The minimum Gasteiger partial charge on any atom is -0.486 e. The zero-order chi connectivity index (χ0) is 25.7. The molecule has 5 heteroatoms. The van der Waals surface area contributed by atoms with Gasteiger partial charge >= 0.3 is 0 Å². The van der Waals surface area contributed by atoms with Crippen LogP contribution >= 0.6 is 0 Å². The Hall–Kier alpha value is -3.02. The Balaban J connectivity index is 1.51. The van der Waals surface area contributed by atoms with E-state index in [4.69, 9.17) is 9.47 Å². The average molecular weight is 501 g/mol. The van der Waals surface area contributed by atoms with E-state index in [2.05, 4.69) is 0 Å². The van der Waals surface area contributed by atoms with Gasteiger partial charge in [-0.05, 0) is 60.8 Å². The number of hydrogen-bond acceptors (Lipinski definition) is 5. The lowest BCUT2D eigenvalue weighted by Crippen LogP contribution is -2.47. The molecule has 37 heavy (non-hydrogen) atoms. The highest BCUT2D eigenvalue weighted by molar-refractivity contribution is 6.16. The van der Waals surface area contributed by atoms with Gasteiger partial charge in [0.25, 0.3) is 0 Å². The summed E-state index contributed by atoms with van der Waals surface area (Å²) in [6, 6.07) is 19.9. The number of benzene rings is 2. The third-order valence-electron chi connectivity index (χ3n) is 8.49. The van der Waals surface area contributed by atoms with Crippen molar-refractivity contribution >= 4 is 11.6 Å². The maximum Gasteiger partial charge on any atom is 0.220 e. The maximum absolute atomic E-state index is 12.5. The van der Waals surface area contributed by atoms with Crippen molar-refractivity contribution in [3.63, 3.8) is 0 Å². The molecule has 0 bridgehead atoms. The molecule has 0 heterocycles. The van der Waals surface area contributed by atoms with Crippen LogP contribution in [0.5, 0.6) is 0 Å². The molecule has 3 aliphatic carbocycles. The summed E-state index contributed by atoms with van der Waals surface area (Å²) in [7, 11) is 0. The molecule has 2 aromatic rings. The number of aliphatic hydroxyl groups is 1. The zero-order valence-electron chi connectivity index (χ0n) is 21.3. The Kier molecular flexibility index (Phi) is 7.73. The first-order chi connectivity index (χ1) is 18.0. The maximum atomic E-state index is 12.5. The topological polar surface area (TPSA) is 72.8 Å². The number of ketones is 2. The molecule has 0 amide bonds. The minimum absolute atomic E-state index is 0.0449. The van der Waals surface area contributed by atoms with E-state index in [0.717, 1.165) is 62.5 Å². The molecule has 0 radical (unpaired) electrons. The molecule has 2 fully saturated rings. The predicted molar refractivity (Wildman–Crippen MR) is 142 cm³/mol. The van der Waals surface area contributed by atoms with Gasteiger partial charge in [-0.3, -0.25) is 9.59 Å². The fourth-order valence-electron chi connectivity index (χ4n) is 6.38. The standard InChI is InChI=1S/C32H36O5/c33-28-19-20-29(34)30(21-28)36-23-32(27-17-9-10-18-27,26-15-5-2-6-16-26)37-22-31(35,25-13-7-8-14-25)24-11-3-1-4-12-24/h1-6,11-12,15-16,19-21,25,27,35H,7-10,13-14,17-18,22-23H2. The number of rotatable bonds is 10. The van der Waals surface area contributed by atoms with Gasteiger partial charge in [-0.2, -0.15) is 0 Å². The van der Waals surface area contributed by atoms with Gasteiger partial charge in [0.1, 0.15) is 17.8 Å². The van der Waals surface area contributed by atoms with Crippen molar-refractivity contribution < 1.29 is 24.2 Å². The van der Waals surface area contributed by atoms with E-state index in [1.165, 1.54) is 18.2 Å². The molecule has 5 rings (SSSR count). The number of allylic oxidation sites excluding steroid dienone is 3. The lowest BCUT2D eigenvalue weighted by atomic mass is 9.78. The van der Waals surface area contributed by atoms with Crippen molar-refractivity contribution in [3.8, 4) is 0 Å². The van der Waals surface area contributed by atoms with Crippen molar-refractivity contribution in [2.75, 3.05) is 13.2 Å². The van der Waals surface area contributed by atoms with Crippen LogP contribution in [0.4, 0.5) is 0 Å². The SMILES string of the molecule is O=C1C=CC(=O)C(OCC(OCC(O)(c2ccccc2)C2CCCC2)(c2ccccc2)C2CCCC2)=C1. The summed E-state index contributed by atoms with van der Waals surface area (Å²) < 4.78 is 13.1. The van der Waals surface area contributed by atoms with Crippen LogP contribution in [0.25, 0.3) is 0 Å². The Bertz CT molecular complexity index is 1140. The summed E-state index contributed by atoms with van der Waals surface area (Å²) in [4.78, 5) is 24.4. The van der Waals surface area contributed by atoms with Crippen molar-refractivity contribution in [2.45, 2.75) is 62.6 Å². The normalized spacial score (nSPS) is 22.0. The summed E-state index contributed by atoms with van der Waals surface area (Å²) in [5.41, 5.74) is -0.161. The highest BCUT2D eigenvalue weighted by atomic mass is 16.6. The van der Waals surface area contributed by atoms with Gasteiger partial charge in [-0.15, -0.1) is 0 Å².